The van der Waals surface area contributed by atoms with Crippen LogP contribution in [0.4, 0.5) is 44.8 Å². The molecule has 1 saturated heterocycles. The fraction of sp³-hybridized carbons (Fsp3) is 0.182. The van der Waals surface area contributed by atoms with Gasteiger partial charge < -0.3 is 36.6 Å². The van der Waals surface area contributed by atoms with Gasteiger partial charge in [0.05, 0.1) is 79.0 Å². The second-order valence-electron chi connectivity index (χ2n) is 22.8. The van der Waals surface area contributed by atoms with Crippen LogP contribution in [0.5, 0.6) is 0 Å². The van der Waals surface area contributed by atoms with Crippen molar-refractivity contribution in [1.29, 1.82) is 0 Å². The zero-order valence-electron chi connectivity index (χ0n) is 54.9. The van der Waals surface area contributed by atoms with Crippen LogP contribution < -0.4 is 31.9 Å². The summed E-state index contributed by atoms with van der Waals surface area (Å²) in [4.78, 5) is 57.2. The van der Waals surface area contributed by atoms with Crippen molar-refractivity contribution in [3.8, 4) is 45.0 Å². The first-order chi connectivity index (χ1) is 48.8. The molecule has 0 aliphatic carbocycles. The third-order valence-electron chi connectivity index (χ3n) is 15.6. The summed E-state index contributed by atoms with van der Waals surface area (Å²) in [5, 5.41) is 38.4. The summed E-state index contributed by atoms with van der Waals surface area (Å²) in [7, 11) is 7.55. The van der Waals surface area contributed by atoms with E-state index in [0.717, 1.165) is 126 Å². The minimum atomic E-state index is -0.558. The zero-order valence-corrected chi connectivity index (χ0v) is 57.3. The SMILES string of the molecule is CCOC(=O)c1nsc(Nc2nccn3c(-c4cnn(C)c4)cnc23)c1Cl.Cc1cc(Nc2nccn3c(-c4cnn(C)c4)cnc23)ccn1.Cc1cnc(Nc2nccn3c(-c4cnn(C)c4)cnc23)s1.Cn1cc(-c2cnc3c(Nc4cccc(C5CNCCN5)c4)nccn23)cn1. The van der Waals surface area contributed by atoms with Crippen molar-refractivity contribution in [1.82, 2.24) is 122 Å². The van der Waals surface area contributed by atoms with E-state index in [9.17, 15) is 4.79 Å². The number of carbonyl (C=O) groups excluding carboxylic acids is 1. The lowest BCUT2D eigenvalue weighted by Crippen LogP contribution is -2.42. The summed E-state index contributed by atoms with van der Waals surface area (Å²) in [5.41, 5.74) is 14.9. The van der Waals surface area contributed by atoms with Crippen molar-refractivity contribution in [3.63, 3.8) is 0 Å². The molecule has 6 N–H and O–H groups in total. The first kappa shape index (κ1) is 65.1. The number of piperazine rings is 1. The minimum absolute atomic E-state index is 0.0809. The number of nitrogens with zero attached hydrogens (tertiary/aromatic N) is 23. The maximum Gasteiger partial charge on any atom is 0.359 e. The number of halogens is 1. The highest BCUT2D eigenvalue weighted by Crippen LogP contribution is 2.35. The van der Waals surface area contributed by atoms with Crippen LogP contribution in [0.15, 0.2) is 173 Å². The van der Waals surface area contributed by atoms with Gasteiger partial charge in [-0.25, -0.2) is 49.7 Å². The smallest absolute Gasteiger partial charge is 0.359 e. The summed E-state index contributed by atoms with van der Waals surface area (Å²) in [6.07, 6.45) is 40.4. The first-order valence-electron chi connectivity index (χ1n) is 31.3. The molecule has 0 saturated carbocycles. The van der Waals surface area contributed by atoms with E-state index in [-0.39, 0.29) is 17.3 Å². The standard InChI is InChI=1S/C20H22N8.C16H14ClN7O2S.C16H15N7.C14H13N7S/c1-27-13-15(10-25-27)18-12-24-20-19(23-7-8-28(18)20)26-16-4-2-3-14(9-16)17-11-21-5-6-22-17;1-3-26-16(25)12-11(17)15(27-22-12)21-13-14-19-7-10(24(14)5-4-18-13)9-6-20-23(2)8-9;1-11-7-13(3-4-17-11)21-15-16-19-9-14(23(16)6-5-18-15)12-8-20-22(2)10-12;1-9-5-17-14(22-9)19-12-13-16-7-11(21(13)4-3-15-12)10-6-18-20(2)8-10/h2-4,7-10,12-13,17,21-22H,5-6,11H2,1H3,(H,23,26);4-8H,3H2,1-2H3,(H,18,21);3-10H,1-2H3,(H,17,18,21);3-8H,1-2H3,(H,15,17,19). The lowest BCUT2D eigenvalue weighted by Gasteiger charge is -2.25. The number of thiazole rings is 1. The summed E-state index contributed by atoms with van der Waals surface area (Å²) in [6.45, 7) is 8.88. The number of fused-ring (bicyclic) bond motifs is 4. The zero-order chi connectivity index (χ0) is 68.8. The van der Waals surface area contributed by atoms with Crippen LogP contribution in [-0.2, 0) is 32.9 Å². The Morgan fingerprint density at radius 3 is 1.44 bits per heavy atom. The molecule has 1 unspecified atom stereocenters. The van der Waals surface area contributed by atoms with Gasteiger partial charge in [0.25, 0.3) is 0 Å². The Morgan fingerprint density at radius 1 is 0.550 bits per heavy atom. The van der Waals surface area contributed by atoms with E-state index in [4.69, 9.17) is 16.3 Å². The van der Waals surface area contributed by atoms with Gasteiger partial charge in [0.2, 0.25) is 0 Å². The number of benzene rings is 1. The number of carbonyl (C=O) groups is 1. The van der Waals surface area contributed by atoms with Crippen molar-refractivity contribution in [2.75, 3.05) is 47.5 Å². The lowest BCUT2D eigenvalue weighted by atomic mass is 10.0. The number of aryl methyl sites for hydroxylation is 6. The third kappa shape index (κ3) is 14.2. The van der Waals surface area contributed by atoms with Gasteiger partial charge in [-0.1, -0.05) is 23.7 Å². The van der Waals surface area contributed by atoms with Crippen LogP contribution in [0.3, 0.4) is 0 Å². The maximum absolute atomic E-state index is 11.9. The molecule has 16 heterocycles. The van der Waals surface area contributed by atoms with Gasteiger partial charge in [0, 0.05) is 185 Å². The molecule has 1 aliphatic heterocycles. The number of rotatable bonds is 15. The molecular weight excluding hydrogens is 1330 g/mol. The minimum Gasteiger partial charge on any atom is -0.461 e. The number of esters is 1. The third-order valence-corrected chi connectivity index (χ3v) is 17.7. The van der Waals surface area contributed by atoms with Crippen molar-refractivity contribution in [3.05, 3.63) is 200 Å². The molecule has 1 aromatic carbocycles. The highest BCUT2D eigenvalue weighted by Gasteiger charge is 2.23. The summed E-state index contributed by atoms with van der Waals surface area (Å²) >= 11 is 8.92. The number of nitrogens with one attached hydrogen (secondary N) is 6. The number of pyridine rings is 1. The van der Waals surface area contributed by atoms with Gasteiger partial charge in [0.15, 0.2) is 56.7 Å². The quantitative estimate of drug-likeness (QED) is 0.0519. The van der Waals surface area contributed by atoms with Crippen molar-refractivity contribution >= 4 is 108 Å². The lowest BCUT2D eigenvalue weighted by molar-refractivity contribution is 0.0521. The molecule has 17 rings (SSSR count). The molecule has 16 aromatic rings. The summed E-state index contributed by atoms with van der Waals surface area (Å²) in [5.74, 6) is 2.05. The second-order valence-corrected chi connectivity index (χ2v) is 25.1. The van der Waals surface area contributed by atoms with Gasteiger partial charge in [-0.05, 0) is 62.1 Å². The largest absolute Gasteiger partial charge is 0.461 e. The van der Waals surface area contributed by atoms with E-state index in [0.29, 0.717) is 34.1 Å². The van der Waals surface area contributed by atoms with Crippen molar-refractivity contribution in [2.45, 2.75) is 26.8 Å². The van der Waals surface area contributed by atoms with Gasteiger partial charge >= 0.3 is 5.97 Å². The Labute approximate surface area is 582 Å². The average Bonchev–Trinajstić information content (AvgIpc) is 1.67. The topological polar surface area (TPSA) is 329 Å². The highest BCUT2D eigenvalue weighted by molar-refractivity contribution is 7.15. The number of hydrogen-bond acceptors (Lipinski definition) is 25. The predicted molar refractivity (Wildman–Crippen MR) is 383 cm³/mol. The van der Waals surface area contributed by atoms with Crippen LogP contribution in [0.2, 0.25) is 5.02 Å². The molecule has 0 amide bonds. The van der Waals surface area contributed by atoms with Gasteiger partial charge in [-0.15, -0.1) is 11.3 Å². The number of aromatic nitrogens is 23. The van der Waals surface area contributed by atoms with Gasteiger partial charge in [-0.2, -0.15) is 24.8 Å². The molecule has 0 radical (unpaired) electrons. The molecule has 1 fully saturated rings. The molecule has 504 valence electrons. The fourth-order valence-corrected chi connectivity index (χ4v) is 12.7. The second kappa shape index (κ2) is 28.9. The Morgan fingerprint density at radius 2 is 1.02 bits per heavy atom. The van der Waals surface area contributed by atoms with E-state index in [1.54, 1.807) is 80.4 Å². The van der Waals surface area contributed by atoms with Crippen LogP contribution >= 0.6 is 34.5 Å². The average molecular weight is 1400 g/mol. The number of ether oxygens (including phenoxy) is 1. The summed E-state index contributed by atoms with van der Waals surface area (Å²) in [6, 6.07) is 12.6. The molecule has 100 heavy (non-hydrogen) atoms. The van der Waals surface area contributed by atoms with Crippen LogP contribution in [0.1, 0.15) is 39.6 Å². The fourth-order valence-electron chi connectivity index (χ4n) is 11.0. The highest BCUT2D eigenvalue weighted by atomic mass is 35.5. The van der Waals surface area contributed by atoms with E-state index in [1.165, 1.54) is 5.56 Å². The molecule has 1 aliphatic rings. The first-order valence-corrected chi connectivity index (χ1v) is 33.3. The van der Waals surface area contributed by atoms with E-state index in [2.05, 4.69) is 131 Å². The van der Waals surface area contributed by atoms with Crippen LogP contribution in [-0.4, -0.2) is 143 Å². The van der Waals surface area contributed by atoms with Crippen molar-refractivity contribution in [2.24, 2.45) is 28.2 Å². The number of imidazole rings is 4. The Bertz CT molecular complexity index is 5530. The normalized spacial score (nSPS) is 12.8. The Balaban J connectivity index is 0.000000114. The van der Waals surface area contributed by atoms with Crippen molar-refractivity contribution < 1.29 is 9.53 Å². The van der Waals surface area contributed by atoms with E-state index in [1.807, 2.05) is 165 Å². The molecular formula is C66H64ClN29O2S2. The summed E-state index contributed by atoms with van der Waals surface area (Å²) < 4.78 is 24.0. The number of anilines is 8. The molecule has 31 nitrogen and oxygen atoms in total. The Hall–Kier alpha value is -12.2. The van der Waals surface area contributed by atoms with E-state index < -0.39 is 5.97 Å². The van der Waals surface area contributed by atoms with Gasteiger partial charge in [0.1, 0.15) is 10.0 Å². The molecule has 1 atom stereocenters. The molecule has 15 aromatic heterocycles. The maximum atomic E-state index is 11.9. The van der Waals surface area contributed by atoms with Gasteiger partial charge in [-0.3, -0.25) is 41.3 Å². The van der Waals surface area contributed by atoms with Crippen LogP contribution in [0, 0.1) is 13.8 Å². The Kier molecular flexibility index (Phi) is 18.8. The van der Waals surface area contributed by atoms with Crippen LogP contribution in [0.25, 0.3) is 67.6 Å². The predicted octanol–water partition coefficient (Wildman–Crippen LogP) is 10.5. The molecule has 0 spiro atoms. The monoisotopic (exact) mass is 1390 g/mol. The molecule has 0 bridgehead atoms. The molecule has 34 heteroatoms. The number of hydrogen-bond donors (Lipinski definition) is 6. The van der Waals surface area contributed by atoms with E-state index >= 15 is 0 Å².